The Morgan fingerprint density at radius 2 is 0.963 bits per heavy atom. The minimum Gasteiger partial charge on any atom is -1.00 e. The number of rotatable bonds is 2. The standard InChI is InChI=1S/2C9H13.C6H12.2ClH.Zr/c2*1-9(2,3)8-6-4-5-7-8;1-5(2)6(3)4;;;/h2*6-7H,4H2,1-3H3;1-4H3;2*1H;/q;;;;;+2/p-2. The SMILES string of the molecule is CC(C)(C)C1=CC[C]([Zr+2]2([C]3=CC(C(C)(C)C)=CC3)[C](C)(C)[C]2(C)C)=C1.[Cl-].[Cl-]. The molecule has 0 atom stereocenters. The molecule has 1 aliphatic heterocycles. The van der Waals surface area contributed by atoms with Gasteiger partial charge in [0.1, 0.15) is 0 Å². The normalized spacial score (nSPS) is 23.6. The van der Waals surface area contributed by atoms with Gasteiger partial charge in [0.25, 0.3) is 0 Å². The molecule has 1 fully saturated rings. The number of allylic oxidation sites excluding steroid dienone is 8. The number of hydrogen-bond donors (Lipinski definition) is 0. The molecule has 0 spiro atoms. The van der Waals surface area contributed by atoms with Crippen LogP contribution in [0.3, 0.4) is 0 Å². The Bertz CT molecular complexity index is 667. The van der Waals surface area contributed by atoms with Crippen molar-refractivity contribution in [3.8, 4) is 0 Å². The molecule has 3 heteroatoms. The Kier molecular flexibility index (Phi) is 6.87. The van der Waals surface area contributed by atoms with Gasteiger partial charge in [-0.15, -0.1) is 0 Å². The van der Waals surface area contributed by atoms with Crippen LogP contribution in [0, 0.1) is 10.8 Å². The van der Waals surface area contributed by atoms with Crippen molar-refractivity contribution in [1.82, 2.24) is 0 Å². The van der Waals surface area contributed by atoms with Crippen molar-refractivity contribution in [3.05, 3.63) is 42.0 Å². The van der Waals surface area contributed by atoms with Gasteiger partial charge in [-0.25, -0.2) is 0 Å². The number of halogens is 2. The Labute approximate surface area is 185 Å². The largest absolute Gasteiger partial charge is 1.00 e. The van der Waals surface area contributed by atoms with Crippen molar-refractivity contribution in [2.24, 2.45) is 10.8 Å². The van der Waals surface area contributed by atoms with Crippen LogP contribution < -0.4 is 24.8 Å². The molecule has 0 aromatic carbocycles. The fourth-order valence-electron chi connectivity index (χ4n) is 5.74. The zero-order chi connectivity index (χ0) is 19.1. The second-order valence-electron chi connectivity index (χ2n) is 11.6. The average molecular weight is 489 g/mol. The van der Waals surface area contributed by atoms with E-state index in [0.29, 0.717) is 6.25 Å². The second-order valence-corrected chi connectivity index (χ2v) is 24.6. The molecule has 0 aromatic rings. The summed E-state index contributed by atoms with van der Waals surface area (Å²) in [6.45, 7) is 24.5. The molecular weight excluding hydrogens is 450 g/mol. The van der Waals surface area contributed by atoms with Crippen LogP contribution in [0.25, 0.3) is 0 Å². The second kappa shape index (κ2) is 7.28. The third-order valence-corrected chi connectivity index (χ3v) is 25.9. The molecule has 0 saturated carbocycles. The van der Waals surface area contributed by atoms with Crippen LogP contribution in [-0.2, 0) is 20.3 Å². The molecule has 0 amide bonds. The van der Waals surface area contributed by atoms with E-state index >= 15 is 0 Å². The third-order valence-electron chi connectivity index (χ3n) is 7.81. The van der Waals surface area contributed by atoms with Crippen LogP contribution in [0.4, 0.5) is 0 Å². The Morgan fingerprint density at radius 3 is 1.15 bits per heavy atom. The smallest absolute Gasteiger partial charge is 1.00 e. The summed E-state index contributed by atoms with van der Waals surface area (Å²) in [4.78, 5) is 0. The summed E-state index contributed by atoms with van der Waals surface area (Å²) in [6.07, 6.45) is 12.8. The summed E-state index contributed by atoms with van der Waals surface area (Å²) in [7, 11) is 0. The minimum atomic E-state index is -2.63. The van der Waals surface area contributed by atoms with Gasteiger partial charge in [0, 0.05) is 0 Å². The van der Waals surface area contributed by atoms with E-state index in [9.17, 15) is 0 Å². The molecule has 0 radical (unpaired) electrons. The molecule has 152 valence electrons. The summed E-state index contributed by atoms with van der Waals surface area (Å²) in [5.74, 6) is 0. The maximum absolute atomic E-state index is 2.64. The first-order chi connectivity index (χ1) is 11.2. The predicted molar refractivity (Wildman–Crippen MR) is 109 cm³/mol. The first kappa shape index (κ1) is 25.5. The average Bonchev–Trinajstić information content (AvgIpc) is 2.95. The minimum absolute atomic E-state index is 0. The maximum Gasteiger partial charge on any atom is -1.00 e. The molecule has 1 saturated heterocycles. The molecule has 3 rings (SSSR count). The fraction of sp³-hybridized carbons (Fsp3) is 0.667. The Morgan fingerprint density at radius 1 is 0.667 bits per heavy atom. The van der Waals surface area contributed by atoms with E-state index in [1.807, 2.05) is 6.56 Å². The maximum atomic E-state index is 2.64. The Balaban J connectivity index is 0.00000182. The zero-order valence-corrected chi connectivity index (χ0v) is 22.9. The van der Waals surface area contributed by atoms with Crippen molar-refractivity contribution in [1.29, 1.82) is 0 Å². The summed E-state index contributed by atoms with van der Waals surface area (Å²) in [5, 5.41) is 0. The van der Waals surface area contributed by atoms with E-state index in [2.05, 4.69) is 93.5 Å². The van der Waals surface area contributed by atoms with Crippen LogP contribution in [0.1, 0.15) is 82.1 Å². The summed E-state index contributed by atoms with van der Waals surface area (Å²) in [5.41, 5.74) is 3.69. The zero-order valence-electron chi connectivity index (χ0n) is 19.0. The molecule has 0 bridgehead atoms. The van der Waals surface area contributed by atoms with E-state index in [-0.39, 0.29) is 35.6 Å². The van der Waals surface area contributed by atoms with Gasteiger partial charge < -0.3 is 24.8 Å². The van der Waals surface area contributed by atoms with Crippen molar-refractivity contribution < 1.29 is 45.1 Å². The number of hydrogen-bond acceptors (Lipinski definition) is 0. The van der Waals surface area contributed by atoms with Gasteiger partial charge in [0.15, 0.2) is 0 Å². The molecule has 27 heavy (non-hydrogen) atoms. The molecular formula is C24H38Cl2Zr. The van der Waals surface area contributed by atoms with Gasteiger partial charge in [-0.1, -0.05) is 0 Å². The summed E-state index contributed by atoms with van der Waals surface area (Å²) >= 11 is -2.63. The first-order valence-electron chi connectivity index (χ1n) is 10.0. The third kappa shape index (κ3) is 3.47. The first-order valence-corrected chi connectivity index (χ1v) is 14.9. The van der Waals surface area contributed by atoms with Gasteiger partial charge in [0.2, 0.25) is 0 Å². The van der Waals surface area contributed by atoms with E-state index < -0.39 is 20.3 Å². The van der Waals surface area contributed by atoms with Crippen LogP contribution in [0.15, 0.2) is 42.0 Å². The van der Waals surface area contributed by atoms with Gasteiger partial charge >= 0.3 is 161 Å². The molecule has 0 nitrogen and oxygen atoms in total. The van der Waals surface area contributed by atoms with Crippen LogP contribution in [0.2, 0.25) is 6.25 Å². The molecule has 1 heterocycles. The van der Waals surface area contributed by atoms with E-state index in [4.69, 9.17) is 0 Å². The van der Waals surface area contributed by atoms with E-state index in [0.717, 1.165) is 0 Å². The van der Waals surface area contributed by atoms with Gasteiger partial charge in [-0.05, 0) is 0 Å². The fourth-order valence-corrected chi connectivity index (χ4v) is 26.8. The molecule has 0 aromatic heterocycles. The molecule has 2 aliphatic carbocycles. The topological polar surface area (TPSA) is 0 Å². The molecule has 0 N–H and O–H groups in total. The van der Waals surface area contributed by atoms with Gasteiger partial charge in [-0.2, -0.15) is 0 Å². The van der Waals surface area contributed by atoms with Gasteiger partial charge in [0.05, 0.1) is 0 Å². The predicted octanol–water partition coefficient (Wildman–Crippen LogP) is 2.08. The van der Waals surface area contributed by atoms with Crippen LogP contribution >= 0.6 is 0 Å². The van der Waals surface area contributed by atoms with Gasteiger partial charge in [-0.3, -0.25) is 0 Å². The monoisotopic (exact) mass is 486 g/mol. The van der Waals surface area contributed by atoms with Crippen molar-refractivity contribution in [2.45, 2.75) is 88.3 Å². The van der Waals surface area contributed by atoms with Crippen molar-refractivity contribution in [2.75, 3.05) is 0 Å². The summed E-state index contributed by atoms with van der Waals surface area (Å²) < 4.78 is 4.76. The van der Waals surface area contributed by atoms with Crippen molar-refractivity contribution in [3.63, 3.8) is 0 Å². The molecule has 0 unspecified atom stereocenters. The summed E-state index contributed by atoms with van der Waals surface area (Å²) in [6, 6.07) is 0. The molecule has 3 aliphatic rings. The quantitative estimate of drug-likeness (QED) is 0.559. The van der Waals surface area contributed by atoms with Crippen LogP contribution in [-0.4, -0.2) is 0 Å². The Hall–Kier alpha value is 0.423. The van der Waals surface area contributed by atoms with Crippen LogP contribution in [0.5, 0.6) is 0 Å². The van der Waals surface area contributed by atoms with Crippen molar-refractivity contribution >= 4 is 0 Å². The van der Waals surface area contributed by atoms with E-state index in [1.165, 1.54) is 12.8 Å². The van der Waals surface area contributed by atoms with E-state index in [1.54, 1.807) is 11.1 Å².